The number of amides is 1. The molecule has 148 valence electrons. The molecule has 1 aromatic carbocycles. The summed E-state index contributed by atoms with van der Waals surface area (Å²) in [7, 11) is 0. The first-order valence-electron chi connectivity index (χ1n) is 9.50. The first-order valence-corrected chi connectivity index (χ1v) is 9.50. The fraction of sp³-hybridized carbons (Fsp3) is 0.550. The molecular weight excluding hydrogens is 348 g/mol. The molecule has 1 amide bonds. The van der Waals surface area contributed by atoms with E-state index >= 15 is 0 Å². The summed E-state index contributed by atoms with van der Waals surface area (Å²) in [5.41, 5.74) is 1.05. The predicted octanol–water partition coefficient (Wildman–Crippen LogP) is 1.91. The van der Waals surface area contributed by atoms with E-state index in [1.807, 2.05) is 30.3 Å². The highest BCUT2D eigenvalue weighted by molar-refractivity contribution is 5.83. The van der Waals surface area contributed by atoms with E-state index in [2.05, 4.69) is 5.32 Å². The predicted molar refractivity (Wildman–Crippen MR) is 100 cm³/mol. The number of hydrogen-bond acceptors (Lipinski definition) is 4. The number of carbonyl (C=O) groups excluding carboxylic acids is 1. The fourth-order valence-electron chi connectivity index (χ4n) is 3.37. The topological polar surface area (TPSA) is 107 Å². The second-order valence-corrected chi connectivity index (χ2v) is 6.95. The lowest BCUT2D eigenvalue weighted by atomic mass is 10.00. The van der Waals surface area contributed by atoms with Crippen LogP contribution >= 0.6 is 0 Å². The van der Waals surface area contributed by atoms with Crippen molar-refractivity contribution in [1.29, 1.82) is 0 Å². The summed E-state index contributed by atoms with van der Waals surface area (Å²) in [5.74, 6) is -2.11. The largest absolute Gasteiger partial charge is 0.481 e. The van der Waals surface area contributed by atoms with Gasteiger partial charge in [0.05, 0.1) is 12.5 Å². The first-order chi connectivity index (χ1) is 13.0. The zero-order valence-electron chi connectivity index (χ0n) is 15.5. The third kappa shape index (κ3) is 7.02. The maximum atomic E-state index is 12.8. The molecule has 2 unspecified atom stereocenters. The van der Waals surface area contributed by atoms with Crippen LogP contribution in [0.3, 0.4) is 0 Å². The number of carboxylic acids is 2. The normalized spacial score (nSPS) is 19.2. The number of hydrogen-bond donors (Lipinski definition) is 3. The molecule has 2 atom stereocenters. The van der Waals surface area contributed by atoms with E-state index in [4.69, 9.17) is 5.11 Å². The third-order valence-corrected chi connectivity index (χ3v) is 4.89. The summed E-state index contributed by atoms with van der Waals surface area (Å²) in [4.78, 5) is 36.9. The molecule has 1 heterocycles. The molecule has 0 aliphatic carbocycles. The SMILES string of the molecule is O=C(O)CCN1CCCCCC(NC(CCc2ccccc2)C(=O)O)C1=O. The lowest BCUT2D eigenvalue weighted by Gasteiger charge is -2.31. The number of benzene rings is 1. The van der Waals surface area contributed by atoms with Crippen LogP contribution in [0.2, 0.25) is 0 Å². The van der Waals surface area contributed by atoms with Crippen molar-refractivity contribution in [2.75, 3.05) is 13.1 Å². The number of rotatable bonds is 9. The van der Waals surface area contributed by atoms with Crippen LogP contribution < -0.4 is 5.32 Å². The van der Waals surface area contributed by atoms with Gasteiger partial charge in [0, 0.05) is 13.1 Å². The van der Waals surface area contributed by atoms with E-state index in [-0.39, 0.29) is 18.9 Å². The van der Waals surface area contributed by atoms with Gasteiger partial charge in [-0.05, 0) is 31.2 Å². The van der Waals surface area contributed by atoms with Gasteiger partial charge in [-0.1, -0.05) is 43.2 Å². The number of aliphatic carboxylic acids is 2. The van der Waals surface area contributed by atoms with Crippen molar-refractivity contribution in [3.63, 3.8) is 0 Å². The summed E-state index contributed by atoms with van der Waals surface area (Å²) in [6.45, 7) is 0.681. The molecule has 27 heavy (non-hydrogen) atoms. The first kappa shape index (κ1) is 20.9. The van der Waals surface area contributed by atoms with Gasteiger partial charge in [-0.15, -0.1) is 0 Å². The van der Waals surface area contributed by atoms with Crippen molar-refractivity contribution in [2.24, 2.45) is 0 Å². The van der Waals surface area contributed by atoms with Crippen LogP contribution in [0.25, 0.3) is 0 Å². The van der Waals surface area contributed by atoms with Crippen molar-refractivity contribution in [2.45, 2.75) is 57.0 Å². The molecule has 1 saturated heterocycles. The summed E-state index contributed by atoms with van der Waals surface area (Å²) in [6, 6.07) is 8.24. The van der Waals surface area contributed by atoms with E-state index < -0.39 is 24.0 Å². The number of likely N-dealkylation sites (tertiary alicyclic amines) is 1. The maximum Gasteiger partial charge on any atom is 0.320 e. The molecule has 7 nitrogen and oxygen atoms in total. The Bertz CT molecular complexity index is 635. The highest BCUT2D eigenvalue weighted by Crippen LogP contribution is 2.15. The molecule has 0 saturated carbocycles. The highest BCUT2D eigenvalue weighted by atomic mass is 16.4. The molecular formula is C20H28N2O5. The van der Waals surface area contributed by atoms with E-state index in [0.717, 1.165) is 24.8 Å². The number of nitrogens with one attached hydrogen (secondary N) is 1. The molecule has 1 fully saturated rings. The average Bonchev–Trinajstić information content (AvgIpc) is 2.64. The van der Waals surface area contributed by atoms with Gasteiger partial charge in [-0.3, -0.25) is 19.7 Å². The number of carbonyl (C=O) groups is 3. The Hall–Kier alpha value is -2.41. The van der Waals surface area contributed by atoms with Gasteiger partial charge < -0.3 is 15.1 Å². The third-order valence-electron chi connectivity index (χ3n) is 4.89. The minimum absolute atomic E-state index is 0.102. The maximum absolute atomic E-state index is 12.8. The molecule has 7 heteroatoms. The smallest absolute Gasteiger partial charge is 0.320 e. The molecule has 0 bridgehead atoms. The summed E-state index contributed by atoms with van der Waals surface area (Å²) in [5, 5.41) is 21.5. The average molecular weight is 376 g/mol. The Morgan fingerprint density at radius 3 is 2.56 bits per heavy atom. The summed E-state index contributed by atoms with van der Waals surface area (Å²) >= 11 is 0. The highest BCUT2D eigenvalue weighted by Gasteiger charge is 2.30. The minimum atomic E-state index is -0.974. The molecule has 1 aromatic rings. The van der Waals surface area contributed by atoms with E-state index in [1.165, 1.54) is 0 Å². The van der Waals surface area contributed by atoms with Gasteiger partial charge in [-0.25, -0.2) is 0 Å². The Labute approximate surface area is 159 Å². The molecule has 1 aliphatic rings. The number of nitrogens with zero attached hydrogens (tertiary/aromatic N) is 1. The van der Waals surface area contributed by atoms with Crippen LogP contribution in [0.1, 0.15) is 44.1 Å². The molecule has 0 radical (unpaired) electrons. The fourth-order valence-corrected chi connectivity index (χ4v) is 3.37. The van der Waals surface area contributed by atoms with Crippen LogP contribution in [0, 0.1) is 0 Å². The van der Waals surface area contributed by atoms with Gasteiger partial charge in [0.1, 0.15) is 6.04 Å². The Morgan fingerprint density at radius 1 is 1.15 bits per heavy atom. The van der Waals surface area contributed by atoms with Crippen LogP contribution in [0.4, 0.5) is 0 Å². The second kappa shape index (κ2) is 10.7. The molecule has 0 spiro atoms. The standard InChI is InChI=1S/C20H28N2O5/c23-18(24)12-14-22-13-6-2-5-9-16(19(22)25)21-17(20(26)27)11-10-15-7-3-1-4-8-15/h1,3-4,7-8,16-17,21H,2,5-6,9-14H2,(H,23,24)(H,26,27). The van der Waals surface area contributed by atoms with Gasteiger partial charge in [0.25, 0.3) is 0 Å². The van der Waals surface area contributed by atoms with Gasteiger partial charge in [0.15, 0.2) is 0 Å². The van der Waals surface area contributed by atoms with Gasteiger partial charge in [-0.2, -0.15) is 0 Å². The van der Waals surface area contributed by atoms with Crippen molar-refractivity contribution >= 4 is 17.8 Å². The zero-order valence-corrected chi connectivity index (χ0v) is 15.5. The van der Waals surface area contributed by atoms with Crippen LogP contribution in [0.15, 0.2) is 30.3 Å². The molecule has 2 rings (SSSR count). The van der Waals surface area contributed by atoms with Gasteiger partial charge in [0.2, 0.25) is 5.91 Å². The Balaban J connectivity index is 2.00. The quantitative estimate of drug-likeness (QED) is 0.608. The number of aryl methyl sites for hydroxylation is 1. The molecule has 1 aliphatic heterocycles. The lowest BCUT2D eigenvalue weighted by molar-refractivity contribution is -0.141. The Kier molecular flexibility index (Phi) is 8.26. The second-order valence-electron chi connectivity index (χ2n) is 6.95. The molecule has 0 aromatic heterocycles. The van der Waals surface area contributed by atoms with Gasteiger partial charge >= 0.3 is 11.9 Å². The van der Waals surface area contributed by atoms with E-state index in [1.54, 1.807) is 4.90 Å². The molecule has 3 N–H and O–H groups in total. The van der Waals surface area contributed by atoms with Crippen molar-refractivity contribution in [1.82, 2.24) is 10.2 Å². The van der Waals surface area contributed by atoms with E-state index in [9.17, 15) is 19.5 Å². The van der Waals surface area contributed by atoms with Crippen LogP contribution in [-0.4, -0.2) is 58.1 Å². The van der Waals surface area contributed by atoms with Crippen LogP contribution in [0.5, 0.6) is 0 Å². The van der Waals surface area contributed by atoms with Crippen molar-refractivity contribution in [3.05, 3.63) is 35.9 Å². The van der Waals surface area contributed by atoms with Crippen molar-refractivity contribution in [3.8, 4) is 0 Å². The monoisotopic (exact) mass is 376 g/mol. The summed E-state index contributed by atoms with van der Waals surface area (Å²) < 4.78 is 0. The summed E-state index contributed by atoms with van der Waals surface area (Å²) in [6.07, 6.45) is 4.09. The van der Waals surface area contributed by atoms with E-state index in [0.29, 0.717) is 25.8 Å². The van der Waals surface area contributed by atoms with Crippen LogP contribution in [-0.2, 0) is 20.8 Å². The lowest BCUT2D eigenvalue weighted by Crippen LogP contribution is -2.53. The number of carboxylic acid groups (broad SMARTS) is 2. The van der Waals surface area contributed by atoms with Crippen molar-refractivity contribution < 1.29 is 24.6 Å². The Morgan fingerprint density at radius 2 is 1.89 bits per heavy atom. The zero-order chi connectivity index (χ0) is 19.6. The minimum Gasteiger partial charge on any atom is -0.481 e.